The lowest BCUT2D eigenvalue weighted by atomic mass is 10.1. The zero-order valence-corrected chi connectivity index (χ0v) is 15.6. The van der Waals surface area contributed by atoms with E-state index < -0.39 is 5.25 Å². The van der Waals surface area contributed by atoms with Crippen LogP contribution in [0.4, 0.5) is 5.69 Å². The van der Waals surface area contributed by atoms with Crippen molar-refractivity contribution < 1.29 is 14.4 Å². The first-order chi connectivity index (χ1) is 13.0. The fraction of sp³-hybridized carbons (Fsp3) is 0.200. The lowest BCUT2D eigenvalue weighted by Gasteiger charge is -2.07. The monoisotopic (exact) mass is 381 g/mol. The molecule has 1 saturated heterocycles. The molecule has 1 aliphatic heterocycles. The van der Waals surface area contributed by atoms with Crippen LogP contribution < -0.4 is 10.6 Å². The second-order valence-corrected chi connectivity index (χ2v) is 7.28. The number of carbonyl (C=O) groups excluding carboxylic acids is 3. The smallest absolute Gasteiger partial charge is 0.240 e. The normalized spacial score (nSPS) is 17.6. The van der Waals surface area contributed by atoms with Crippen LogP contribution in [0, 0.1) is 0 Å². The molecule has 1 fully saturated rings. The number of anilines is 1. The number of carbonyl (C=O) groups is 3. The molecule has 2 aromatic carbocycles. The van der Waals surface area contributed by atoms with Crippen molar-refractivity contribution in [3.05, 3.63) is 65.7 Å². The summed E-state index contributed by atoms with van der Waals surface area (Å²) in [6.45, 7) is 1.96. The van der Waals surface area contributed by atoms with Crippen LogP contribution in [0.2, 0.25) is 0 Å². The van der Waals surface area contributed by atoms with Gasteiger partial charge in [0, 0.05) is 17.7 Å². The Balaban J connectivity index is 1.53. The van der Waals surface area contributed by atoms with E-state index in [1.54, 1.807) is 24.3 Å². The first-order valence-corrected chi connectivity index (χ1v) is 9.36. The van der Waals surface area contributed by atoms with Gasteiger partial charge in [-0.25, -0.2) is 0 Å². The van der Waals surface area contributed by atoms with Gasteiger partial charge in [0.05, 0.1) is 6.54 Å². The molecule has 0 spiro atoms. The minimum atomic E-state index is -0.504. The highest BCUT2D eigenvalue weighted by atomic mass is 32.2. The zero-order chi connectivity index (χ0) is 19.2. The van der Waals surface area contributed by atoms with Gasteiger partial charge in [-0.15, -0.1) is 0 Å². The second kappa shape index (κ2) is 8.64. The molecule has 0 unspecified atom stereocenters. The van der Waals surface area contributed by atoms with Gasteiger partial charge in [-0.1, -0.05) is 42.1 Å². The third kappa shape index (κ3) is 5.27. The zero-order valence-electron chi connectivity index (χ0n) is 14.8. The van der Waals surface area contributed by atoms with Crippen molar-refractivity contribution in [1.29, 1.82) is 0 Å². The molecule has 1 heterocycles. The number of thioether (sulfide) groups is 1. The standard InChI is InChI=1S/C20H19N3O3S/c1-13(24)15-7-9-16(10-8-15)22-18(25)11-17-19(26)23-20(27-17)21-12-14-5-3-2-4-6-14/h2-10,17H,11-12H2,1H3,(H,22,25)(H,21,23,26)/t17-/m1/s1. The molecule has 6 nitrogen and oxygen atoms in total. The third-order valence-corrected chi connectivity index (χ3v) is 5.09. The average molecular weight is 381 g/mol. The molecule has 27 heavy (non-hydrogen) atoms. The number of hydrogen-bond acceptors (Lipinski definition) is 5. The Morgan fingerprint density at radius 3 is 2.48 bits per heavy atom. The summed E-state index contributed by atoms with van der Waals surface area (Å²) >= 11 is 1.27. The summed E-state index contributed by atoms with van der Waals surface area (Å²) in [5, 5.41) is 5.50. The fourth-order valence-corrected chi connectivity index (χ4v) is 3.50. The summed E-state index contributed by atoms with van der Waals surface area (Å²) in [7, 11) is 0. The average Bonchev–Trinajstić information content (AvgIpc) is 3.00. The minimum Gasteiger partial charge on any atom is -0.326 e. The largest absolute Gasteiger partial charge is 0.326 e. The molecular weight excluding hydrogens is 362 g/mol. The predicted molar refractivity (Wildman–Crippen MR) is 107 cm³/mol. The Hall–Kier alpha value is -2.93. The van der Waals surface area contributed by atoms with E-state index in [1.807, 2.05) is 30.3 Å². The van der Waals surface area contributed by atoms with Crippen LogP contribution in [0.1, 0.15) is 29.3 Å². The molecule has 7 heteroatoms. The van der Waals surface area contributed by atoms with E-state index >= 15 is 0 Å². The van der Waals surface area contributed by atoms with Gasteiger partial charge in [-0.2, -0.15) is 0 Å². The van der Waals surface area contributed by atoms with E-state index in [4.69, 9.17) is 0 Å². The van der Waals surface area contributed by atoms with Crippen LogP contribution in [-0.4, -0.2) is 28.0 Å². The molecule has 1 atom stereocenters. The van der Waals surface area contributed by atoms with E-state index in [0.717, 1.165) is 5.56 Å². The number of rotatable bonds is 6. The third-order valence-electron chi connectivity index (χ3n) is 3.97. The molecule has 0 bridgehead atoms. The molecule has 2 amide bonds. The van der Waals surface area contributed by atoms with Gasteiger partial charge in [-0.05, 0) is 36.8 Å². The van der Waals surface area contributed by atoms with Crippen molar-refractivity contribution in [2.75, 3.05) is 5.32 Å². The number of amides is 2. The van der Waals surface area contributed by atoms with E-state index in [0.29, 0.717) is 23.0 Å². The van der Waals surface area contributed by atoms with E-state index in [1.165, 1.54) is 18.7 Å². The molecule has 3 rings (SSSR count). The van der Waals surface area contributed by atoms with Crippen LogP contribution in [0.3, 0.4) is 0 Å². The quantitative estimate of drug-likeness (QED) is 0.753. The number of benzene rings is 2. The number of nitrogens with zero attached hydrogens (tertiary/aromatic N) is 1. The lowest BCUT2D eigenvalue weighted by Crippen LogP contribution is -2.28. The highest BCUT2D eigenvalue weighted by Gasteiger charge is 2.31. The van der Waals surface area contributed by atoms with E-state index in [-0.39, 0.29) is 24.0 Å². The van der Waals surface area contributed by atoms with Gasteiger partial charge in [0.1, 0.15) is 5.25 Å². The Labute approximate surface area is 161 Å². The SMILES string of the molecule is CC(=O)c1ccc(NC(=O)C[C@H]2SC(=NCc3ccccc3)NC2=O)cc1. The number of Topliss-reactive ketones (excluding diaryl/α,β-unsaturated/α-hetero) is 1. The van der Waals surface area contributed by atoms with Gasteiger partial charge < -0.3 is 10.6 Å². The maximum atomic E-state index is 12.2. The van der Waals surface area contributed by atoms with Crippen molar-refractivity contribution in [1.82, 2.24) is 5.32 Å². The lowest BCUT2D eigenvalue weighted by molar-refractivity contribution is -0.122. The minimum absolute atomic E-state index is 0.0331. The number of ketones is 1. The van der Waals surface area contributed by atoms with E-state index in [9.17, 15) is 14.4 Å². The summed E-state index contributed by atoms with van der Waals surface area (Å²) in [5.41, 5.74) is 2.22. The van der Waals surface area contributed by atoms with Gasteiger partial charge in [0.2, 0.25) is 11.8 Å². The van der Waals surface area contributed by atoms with Crippen LogP contribution >= 0.6 is 11.8 Å². The summed E-state index contributed by atoms with van der Waals surface area (Å²) in [6.07, 6.45) is 0.0509. The molecule has 1 aliphatic rings. The first kappa shape index (κ1) is 18.8. The molecular formula is C20H19N3O3S. The number of aliphatic imine (C=N–C) groups is 1. The Morgan fingerprint density at radius 1 is 1.11 bits per heavy atom. The fourth-order valence-electron chi connectivity index (χ4n) is 2.53. The topological polar surface area (TPSA) is 87.6 Å². The van der Waals surface area contributed by atoms with E-state index in [2.05, 4.69) is 15.6 Å². The van der Waals surface area contributed by atoms with Crippen molar-refractivity contribution in [3.8, 4) is 0 Å². The molecule has 0 aliphatic carbocycles. The van der Waals surface area contributed by atoms with Gasteiger partial charge in [0.15, 0.2) is 11.0 Å². The summed E-state index contributed by atoms with van der Waals surface area (Å²) in [6, 6.07) is 16.4. The Kier molecular flexibility index (Phi) is 6.03. The predicted octanol–water partition coefficient (Wildman–Crippen LogP) is 3.01. The number of amidine groups is 1. The number of hydrogen-bond donors (Lipinski definition) is 2. The molecule has 2 N–H and O–H groups in total. The van der Waals surface area contributed by atoms with Crippen LogP contribution in [0.25, 0.3) is 0 Å². The highest BCUT2D eigenvalue weighted by molar-refractivity contribution is 8.15. The highest BCUT2D eigenvalue weighted by Crippen LogP contribution is 2.23. The van der Waals surface area contributed by atoms with Crippen LogP contribution in [-0.2, 0) is 16.1 Å². The van der Waals surface area contributed by atoms with Gasteiger partial charge in [0.25, 0.3) is 0 Å². The Bertz CT molecular complexity index is 879. The summed E-state index contributed by atoms with van der Waals surface area (Å²) in [5.74, 6) is -0.509. The van der Waals surface area contributed by atoms with Crippen molar-refractivity contribution in [2.24, 2.45) is 4.99 Å². The van der Waals surface area contributed by atoms with Crippen molar-refractivity contribution in [3.63, 3.8) is 0 Å². The van der Waals surface area contributed by atoms with Gasteiger partial charge >= 0.3 is 0 Å². The summed E-state index contributed by atoms with van der Waals surface area (Å²) in [4.78, 5) is 40.0. The molecule has 0 saturated carbocycles. The van der Waals surface area contributed by atoms with Crippen molar-refractivity contribution >= 4 is 40.2 Å². The van der Waals surface area contributed by atoms with Crippen LogP contribution in [0.5, 0.6) is 0 Å². The second-order valence-electron chi connectivity index (χ2n) is 6.09. The molecule has 138 valence electrons. The first-order valence-electron chi connectivity index (χ1n) is 8.48. The maximum absolute atomic E-state index is 12.2. The molecule has 2 aromatic rings. The number of nitrogens with one attached hydrogen (secondary N) is 2. The maximum Gasteiger partial charge on any atom is 0.240 e. The Morgan fingerprint density at radius 2 is 1.81 bits per heavy atom. The van der Waals surface area contributed by atoms with Crippen molar-refractivity contribution in [2.45, 2.75) is 25.1 Å². The summed E-state index contributed by atoms with van der Waals surface area (Å²) < 4.78 is 0. The molecule has 0 aromatic heterocycles. The van der Waals surface area contributed by atoms with Crippen LogP contribution in [0.15, 0.2) is 59.6 Å². The van der Waals surface area contributed by atoms with Gasteiger partial charge in [-0.3, -0.25) is 19.4 Å². The molecule has 0 radical (unpaired) electrons.